The lowest BCUT2D eigenvalue weighted by molar-refractivity contribution is 0.0627. The minimum atomic E-state index is -0.218. The first-order valence-corrected chi connectivity index (χ1v) is 10.8. The van der Waals surface area contributed by atoms with Crippen LogP contribution in [-0.4, -0.2) is 69.9 Å². The average molecular weight is 428 g/mol. The van der Waals surface area contributed by atoms with Crippen LogP contribution in [0.1, 0.15) is 34.5 Å². The fourth-order valence-corrected chi connectivity index (χ4v) is 4.28. The molecule has 1 saturated heterocycles. The Balaban J connectivity index is 1.35. The number of hydrogen-bond acceptors (Lipinski definition) is 6. The van der Waals surface area contributed by atoms with E-state index in [4.69, 9.17) is 4.74 Å². The summed E-state index contributed by atoms with van der Waals surface area (Å²) in [4.78, 5) is 41.2. The largest absolute Gasteiger partial charge is 0.496 e. The van der Waals surface area contributed by atoms with E-state index in [-0.39, 0.29) is 17.0 Å². The number of pyridine rings is 1. The predicted molar refractivity (Wildman–Crippen MR) is 116 cm³/mol. The summed E-state index contributed by atoms with van der Waals surface area (Å²) in [5.41, 5.74) is 2.31. The van der Waals surface area contributed by atoms with E-state index in [1.807, 2.05) is 0 Å². The molecule has 31 heavy (non-hydrogen) atoms. The summed E-state index contributed by atoms with van der Waals surface area (Å²) in [5, 5.41) is 4.59. The Kier molecular flexibility index (Phi) is 6.22. The fourth-order valence-electron chi connectivity index (χ4n) is 4.28. The molecule has 1 amide bonds. The summed E-state index contributed by atoms with van der Waals surface area (Å²) in [6.45, 7) is 3.87. The summed E-state index contributed by atoms with van der Waals surface area (Å²) in [6, 6.07) is 3.09. The molecule has 9 heteroatoms. The van der Waals surface area contributed by atoms with Crippen LogP contribution in [-0.2, 0) is 26.4 Å². The van der Waals surface area contributed by atoms with Gasteiger partial charge in [-0.25, -0.2) is 4.68 Å². The maximum Gasteiger partial charge on any atom is 0.267 e. The summed E-state index contributed by atoms with van der Waals surface area (Å²) in [7, 11) is 3.08. The molecule has 1 aliphatic heterocycles. The lowest BCUT2D eigenvalue weighted by Crippen LogP contribution is -2.49. The molecule has 9 nitrogen and oxygen atoms in total. The van der Waals surface area contributed by atoms with E-state index in [1.165, 1.54) is 23.9 Å². The highest BCUT2D eigenvalue weighted by Crippen LogP contribution is 2.19. The zero-order valence-electron chi connectivity index (χ0n) is 18.2. The number of amides is 1. The second-order valence-electron chi connectivity index (χ2n) is 8.22. The van der Waals surface area contributed by atoms with Gasteiger partial charge in [-0.3, -0.25) is 19.3 Å². The molecule has 0 N–H and O–H groups in total. The Labute approximate surface area is 180 Å². The molecule has 2 aromatic rings. The molecule has 1 aliphatic carbocycles. The third-order valence-corrected chi connectivity index (χ3v) is 6.20. The monoisotopic (exact) mass is 427 g/mol. The van der Waals surface area contributed by atoms with Crippen LogP contribution in [0, 0.1) is 0 Å². The van der Waals surface area contributed by atoms with Gasteiger partial charge >= 0.3 is 0 Å². The number of methoxy groups -OCH3 is 1. The lowest BCUT2D eigenvalue weighted by atomic mass is 9.97. The molecule has 166 valence electrons. The highest BCUT2D eigenvalue weighted by atomic mass is 16.5. The minimum absolute atomic E-state index is 0.0313. The van der Waals surface area contributed by atoms with Gasteiger partial charge in [0.05, 0.1) is 24.9 Å². The van der Waals surface area contributed by atoms with Crippen molar-refractivity contribution in [1.82, 2.24) is 24.1 Å². The summed E-state index contributed by atoms with van der Waals surface area (Å²) < 4.78 is 8.21. The summed E-state index contributed by atoms with van der Waals surface area (Å²) in [5.74, 6) is 0.160. The van der Waals surface area contributed by atoms with Gasteiger partial charge in [0, 0.05) is 58.1 Å². The van der Waals surface area contributed by atoms with Gasteiger partial charge in [0.15, 0.2) is 0 Å². The topological polar surface area (TPSA) is 89.7 Å². The smallest absolute Gasteiger partial charge is 0.267 e. The Morgan fingerprint density at radius 1 is 1.03 bits per heavy atom. The number of rotatable bonds is 5. The van der Waals surface area contributed by atoms with Crippen molar-refractivity contribution < 1.29 is 9.53 Å². The maximum atomic E-state index is 13.0. The summed E-state index contributed by atoms with van der Waals surface area (Å²) >= 11 is 0. The van der Waals surface area contributed by atoms with Gasteiger partial charge in [-0.2, -0.15) is 5.10 Å². The SMILES string of the molecule is COc1cc(=O)n(C)cc1C(=O)N1CCN(CCn2nc3c(cc2=O)CCCC3)CC1. The Morgan fingerprint density at radius 3 is 2.52 bits per heavy atom. The maximum absolute atomic E-state index is 13.0. The van der Waals surface area contributed by atoms with Gasteiger partial charge in [0.1, 0.15) is 5.75 Å². The highest BCUT2D eigenvalue weighted by Gasteiger charge is 2.25. The molecule has 0 unspecified atom stereocenters. The van der Waals surface area contributed by atoms with E-state index >= 15 is 0 Å². The van der Waals surface area contributed by atoms with Gasteiger partial charge in [0.25, 0.3) is 17.0 Å². The highest BCUT2D eigenvalue weighted by molar-refractivity contribution is 5.96. The molecule has 0 radical (unpaired) electrons. The van der Waals surface area contributed by atoms with Gasteiger partial charge in [0.2, 0.25) is 0 Å². The third-order valence-electron chi connectivity index (χ3n) is 6.20. The van der Waals surface area contributed by atoms with Crippen molar-refractivity contribution >= 4 is 5.91 Å². The van der Waals surface area contributed by atoms with E-state index in [0.717, 1.165) is 56.6 Å². The van der Waals surface area contributed by atoms with Crippen LogP contribution in [0.15, 0.2) is 27.9 Å². The van der Waals surface area contributed by atoms with Crippen molar-refractivity contribution in [3.63, 3.8) is 0 Å². The quantitative estimate of drug-likeness (QED) is 0.681. The van der Waals surface area contributed by atoms with E-state index in [0.29, 0.717) is 30.9 Å². The van der Waals surface area contributed by atoms with Crippen LogP contribution in [0.4, 0.5) is 0 Å². The van der Waals surface area contributed by atoms with Crippen LogP contribution in [0.2, 0.25) is 0 Å². The zero-order valence-corrected chi connectivity index (χ0v) is 18.2. The van der Waals surface area contributed by atoms with Crippen LogP contribution in [0.25, 0.3) is 0 Å². The first-order chi connectivity index (χ1) is 15.0. The van der Waals surface area contributed by atoms with Crippen molar-refractivity contribution in [1.29, 1.82) is 0 Å². The first-order valence-electron chi connectivity index (χ1n) is 10.8. The summed E-state index contributed by atoms with van der Waals surface area (Å²) in [6.07, 6.45) is 5.70. The average Bonchev–Trinajstić information content (AvgIpc) is 2.79. The van der Waals surface area contributed by atoms with Gasteiger partial charge in [-0.15, -0.1) is 0 Å². The molecular formula is C22H29N5O4. The van der Waals surface area contributed by atoms with E-state index in [1.54, 1.807) is 22.7 Å². The molecule has 0 bridgehead atoms. The number of piperazine rings is 1. The van der Waals surface area contributed by atoms with Crippen LogP contribution in [0.5, 0.6) is 5.75 Å². The van der Waals surface area contributed by atoms with Crippen LogP contribution in [0.3, 0.4) is 0 Å². The molecule has 2 aromatic heterocycles. The van der Waals surface area contributed by atoms with Crippen molar-refractivity contribution in [2.24, 2.45) is 7.05 Å². The number of hydrogen-bond donors (Lipinski definition) is 0. The molecule has 4 rings (SSSR count). The molecule has 0 saturated carbocycles. The molecule has 0 aromatic carbocycles. The van der Waals surface area contributed by atoms with E-state index in [9.17, 15) is 14.4 Å². The van der Waals surface area contributed by atoms with Crippen molar-refractivity contribution in [2.45, 2.75) is 32.2 Å². The molecule has 1 fully saturated rings. The minimum Gasteiger partial charge on any atom is -0.496 e. The van der Waals surface area contributed by atoms with Gasteiger partial charge in [-0.05, 0) is 31.2 Å². The zero-order chi connectivity index (χ0) is 22.0. The van der Waals surface area contributed by atoms with Crippen LogP contribution >= 0.6 is 0 Å². The molecular weight excluding hydrogens is 398 g/mol. The van der Waals surface area contributed by atoms with Gasteiger partial charge in [-0.1, -0.05) is 0 Å². The number of ether oxygens (including phenoxy) is 1. The predicted octanol–water partition coefficient (Wildman–Crippen LogP) is 0.287. The number of aromatic nitrogens is 3. The third kappa shape index (κ3) is 4.56. The first kappa shape index (κ1) is 21.3. The Hall–Kier alpha value is -2.94. The Bertz CT molecular complexity index is 1080. The van der Waals surface area contributed by atoms with Crippen molar-refractivity contribution in [3.05, 3.63) is 55.9 Å². The number of nitrogens with zero attached hydrogens (tertiary/aromatic N) is 5. The van der Waals surface area contributed by atoms with E-state index in [2.05, 4.69) is 10.00 Å². The molecule has 0 spiro atoms. The number of carbonyl (C=O) groups is 1. The van der Waals surface area contributed by atoms with Crippen molar-refractivity contribution in [2.75, 3.05) is 39.8 Å². The number of carbonyl (C=O) groups excluding carboxylic acids is 1. The van der Waals surface area contributed by atoms with Crippen LogP contribution < -0.4 is 15.9 Å². The van der Waals surface area contributed by atoms with Gasteiger partial charge < -0.3 is 14.2 Å². The van der Waals surface area contributed by atoms with Crippen molar-refractivity contribution in [3.8, 4) is 5.75 Å². The van der Waals surface area contributed by atoms with E-state index < -0.39 is 0 Å². The lowest BCUT2D eigenvalue weighted by Gasteiger charge is -2.35. The second kappa shape index (κ2) is 9.05. The number of aryl methyl sites for hydroxylation is 3. The molecule has 3 heterocycles. The fraction of sp³-hybridized carbons (Fsp3) is 0.545. The molecule has 0 atom stereocenters. The second-order valence-corrected chi connectivity index (χ2v) is 8.22. The normalized spacial score (nSPS) is 16.8. The molecule has 2 aliphatic rings. The Morgan fingerprint density at radius 2 is 1.77 bits per heavy atom. The number of fused-ring (bicyclic) bond motifs is 1. The standard InChI is InChI=1S/C22H29N5O4/c1-24-15-17(19(31-2)14-20(24)28)22(30)26-10-7-25(8-11-26)9-12-27-21(29)13-16-5-3-4-6-18(16)23-27/h13-15H,3-12H2,1-2H3.